The number of aromatic nitrogens is 1. The Hall–Kier alpha value is -3.95. The first kappa shape index (κ1) is 22.5. The molecular formula is C27H25N5O3S. The number of nitrogens with zero attached hydrogens (tertiary/aromatic N) is 2. The van der Waals surface area contributed by atoms with Crippen LogP contribution in [0.25, 0.3) is 10.2 Å². The number of nitrogens with two attached hydrogens (primary N) is 1. The van der Waals surface area contributed by atoms with Crippen molar-refractivity contribution in [3.8, 4) is 11.5 Å². The molecule has 0 spiro atoms. The van der Waals surface area contributed by atoms with E-state index in [-0.39, 0.29) is 24.0 Å². The van der Waals surface area contributed by atoms with Gasteiger partial charge in [-0.1, -0.05) is 18.2 Å². The summed E-state index contributed by atoms with van der Waals surface area (Å²) in [6, 6.07) is 16.8. The predicted octanol–water partition coefficient (Wildman–Crippen LogP) is 5.69. The van der Waals surface area contributed by atoms with Crippen LogP contribution in [0.5, 0.6) is 11.5 Å². The zero-order valence-corrected chi connectivity index (χ0v) is 20.5. The number of nitrogens with one attached hydrogen (secondary N) is 2. The minimum atomic E-state index is -0.329. The van der Waals surface area contributed by atoms with Crippen molar-refractivity contribution in [2.45, 2.75) is 38.3 Å². The number of para-hydroxylation sites is 1. The van der Waals surface area contributed by atoms with Crippen LogP contribution in [0, 0.1) is 6.92 Å². The highest BCUT2D eigenvalue weighted by atomic mass is 32.1. The molecule has 0 unspecified atom stereocenters. The minimum absolute atomic E-state index is 0.0485. The molecule has 0 radical (unpaired) electrons. The number of aryl methyl sites for hydroxylation is 1. The third kappa shape index (κ3) is 3.96. The molecule has 2 atom stereocenters. The molecule has 6 rings (SSSR count). The van der Waals surface area contributed by atoms with Crippen LogP contribution < -0.4 is 26.0 Å². The Morgan fingerprint density at radius 3 is 2.72 bits per heavy atom. The summed E-state index contributed by atoms with van der Waals surface area (Å²) in [5, 5.41) is 6.80. The van der Waals surface area contributed by atoms with Crippen LogP contribution in [0.15, 0.2) is 60.8 Å². The quantitative estimate of drug-likeness (QED) is 0.327. The highest BCUT2D eigenvalue weighted by molar-refractivity contribution is 7.21. The lowest BCUT2D eigenvalue weighted by Gasteiger charge is -2.29. The zero-order valence-electron chi connectivity index (χ0n) is 19.7. The number of benzene rings is 2. The van der Waals surface area contributed by atoms with E-state index in [4.69, 9.17) is 10.5 Å². The fraction of sp³-hybridized carbons (Fsp3) is 0.222. The molecule has 182 valence electrons. The fourth-order valence-electron chi connectivity index (χ4n) is 4.95. The van der Waals surface area contributed by atoms with Crippen molar-refractivity contribution < 1.29 is 14.3 Å². The maximum Gasteiger partial charge on any atom is 0.331 e. The van der Waals surface area contributed by atoms with E-state index in [0.717, 1.165) is 41.6 Å². The number of thiophene rings is 1. The zero-order chi connectivity index (χ0) is 24.8. The molecule has 1 saturated carbocycles. The number of carbonyl (C=O) groups is 2. The topological polar surface area (TPSA) is 110 Å². The third-order valence-electron chi connectivity index (χ3n) is 6.65. The first-order valence-electron chi connectivity index (χ1n) is 11.9. The van der Waals surface area contributed by atoms with E-state index in [1.807, 2.05) is 61.5 Å². The maximum absolute atomic E-state index is 13.4. The van der Waals surface area contributed by atoms with E-state index in [1.54, 1.807) is 11.1 Å². The van der Waals surface area contributed by atoms with Crippen molar-refractivity contribution in [1.29, 1.82) is 0 Å². The molecule has 9 heteroatoms. The Bertz CT molecular complexity index is 1490. The van der Waals surface area contributed by atoms with E-state index < -0.39 is 0 Å². The molecule has 3 heterocycles. The predicted molar refractivity (Wildman–Crippen MR) is 142 cm³/mol. The second-order valence-corrected chi connectivity index (χ2v) is 10.2. The van der Waals surface area contributed by atoms with Crippen LogP contribution in [0.4, 0.5) is 21.9 Å². The Balaban J connectivity index is 1.34. The first-order chi connectivity index (χ1) is 17.5. The van der Waals surface area contributed by atoms with Crippen LogP contribution in [-0.2, 0) is 0 Å². The SMILES string of the molecule is Cc1cc(Oc2ccccc2)ccc1N1C(=O)Nc2c(C(=O)N[C@H]3CC[C@H](N)C3)sc3nccc1c23. The lowest BCUT2D eigenvalue weighted by Crippen LogP contribution is -2.36. The largest absolute Gasteiger partial charge is 0.457 e. The number of urea groups is 1. The molecule has 1 fully saturated rings. The molecule has 1 aliphatic heterocycles. The van der Waals surface area contributed by atoms with Gasteiger partial charge in [-0.3, -0.25) is 9.69 Å². The van der Waals surface area contributed by atoms with Gasteiger partial charge < -0.3 is 21.1 Å². The van der Waals surface area contributed by atoms with Crippen LogP contribution in [0.1, 0.15) is 34.5 Å². The van der Waals surface area contributed by atoms with E-state index >= 15 is 0 Å². The molecule has 2 aromatic carbocycles. The summed E-state index contributed by atoms with van der Waals surface area (Å²) in [6.07, 6.45) is 4.19. The standard InChI is InChI=1S/C27H25N5O3S/c1-15-13-19(35-18-5-3-2-4-6-18)9-10-20(15)32-21-11-12-29-26-22(21)23(31-27(32)34)24(36-26)25(33)30-17-8-7-16(28)14-17/h2-6,9-13,16-17H,7-8,14,28H2,1H3,(H,30,33)(H,31,34)/t16-,17-/m0/s1. The molecule has 8 nitrogen and oxygen atoms in total. The molecule has 0 saturated heterocycles. The Morgan fingerprint density at radius 1 is 1.14 bits per heavy atom. The van der Waals surface area contributed by atoms with Gasteiger partial charge in [0.2, 0.25) is 0 Å². The number of ether oxygens (including phenoxy) is 1. The average molecular weight is 500 g/mol. The van der Waals surface area contributed by atoms with Crippen LogP contribution in [-0.4, -0.2) is 29.0 Å². The lowest BCUT2D eigenvalue weighted by molar-refractivity contribution is 0.0942. The van der Waals surface area contributed by atoms with Crippen molar-refractivity contribution in [1.82, 2.24) is 10.3 Å². The Kier molecular flexibility index (Phi) is 5.58. The second kappa shape index (κ2) is 8.92. The fourth-order valence-corrected chi connectivity index (χ4v) is 5.97. The molecule has 4 aromatic rings. The van der Waals surface area contributed by atoms with Gasteiger partial charge in [0.1, 0.15) is 21.2 Å². The number of amides is 3. The van der Waals surface area contributed by atoms with Crippen molar-refractivity contribution in [3.63, 3.8) is 0 Å². The highest BCUT2D eigenvalue weighted by Gasteiger charge is 2.34. The number of anilines is 3. The summed E-state index contributed by atoms with van der Waals surface area (Å²) in [7, 11) is 0. The molecule has 2 aromatic heterocycles. The first-order valence-corrected chi connectivity index (χ1v) is 12.7. The number of rotatable bonds is 5. The smallest absolute Gasteiger partial charge is 0.331 e. The van der Waals surface area contributed by atoms with Crippen LogP contribution in [0.2, 0.25) is 0 Å². The van der Waals surface area contributed by atoms with Crippen molar-refractivity contribution >= 4 is 50.6 Å². The van der Waals surface area contributed by atoms with Gasteiger partial charge in [-0.2, -0.15) is 0 Å². The molecule has 36 heavy (non-hydrogen) atoms. The van der Waals surface area contributed by atoms with Gasteiger partial charge in [0, 0.05) is 18.3 Å². The van der Waals surface area contributed by atoms with Crippen molar-refractivity contribution in [2.75, 3.05) is 10.2 Å². The highest BCUT2D eigenvalue weighted by Crippen LogP contribution is 2.46. The van der Waals surface area contributed by atoms with E-state index in [9.17, 15) is 9.59 Å². The van der Waals surface area contributed by atoms with Gasteiger partial charge in [-0.15, -0.1) is 11.3 Å². The van der Waals surface area contributed by atoms with Crippen molar-refractivity contribution in [2.24, 2.45) is 5.73 Å². The summed E-state index contributed by atoms with van der Waals surface area (Å²) in [5.41, 5.74) is 8.81. The van der Waals surface area contributed by atoms with Crippen molar-refractivity contribution in [3.05, 3.63) is 71.2 Å². The monoisotopic (exact) mass is 499 g/mol. The molecule has 3 amide bonds. The van der Waals surface area contributed by atoms with Gasteiger partial charge in [0.15, 0.2) is 0 Å². The summed E-state index contributed by atoms with van der Waals surface area (Å²) in [6.45, 7) is 1.94. The minimum Gasteiger partial charge on any atom is -0.457 e. The molecular weight excluding hydrogens is 474 g/mol. The lowest BCUT2D eigenvalue weighted by atomic mass is 10.1. The number of carbonyl (C=O) groups excluding carboxylic acids is 2. The van der Waals surface area contributed by atoms with E-state index in [1.165, 1.54) is 11.3 Å². The maximum atomic E-state index is 13.4. The number of hydrogen-bond donors (Lipinski definition) is 3. The number of hydrogen-bond acceptors (Lipinski definition) is 6. The normalized spacial score (nSPS) is 18.8. The summed E-state index contributed by atoms with van der Waals surface area (Å²) in [5.74, 6) is 1.22. The molecule has 1 aliphatic carbocycles. The summed E-state index contributed by atoms with van der Waals surface area (Å²) in [4.78, 5) is 33.8. The second-order valence-electron chi connectivity index (χ2n) is 9.19. The van der Waals surface area contributed by atoms with Gasteiger partial charge in [-0.25, -0.2) is 9.78 Å². The van der Waals surface area contributed by atoms with Crippen LogP contribution in [0.3, 0.4) is 0 Å². The number of pyridine rings is 1. The third-order valence-corrected chi connectivity index (χ3v) is 7.75. The summed E-state index contributed by atoms with van der Waals surface area (Å²) >= 11 is 1.29. The average Bonchev–Trinajstić information content (AvgIpc) is 3.44. The van der Waals surface area contributed by atoms with E-state index in [0.29, 0.717) is 26.8 Å². The van der Waals surface area contributed by atoms with Gasteiger partial charge in [0.25, 0.3) is 5.91 Å². The van der Waals surface area contributed by atoms with Crippen LogP contribution >= 0.6 is 11.3 Å². The van der Waals surface area contributed by atoms with Gasteiger partial charge in [0.05, 0.1) is 22.4 Å². The van der Waals surface area contributed by atoms with Gasteiger partial charge in [-0.05, 0) is 68.1 Å². The van der Waals surface area contributed by atoms with Gasteiger partial charge >= 0.3 is 6.03 Å². The van der Waals surface area contributed by atoms with E-state index in [2.05, 4.69) is 15.6 Å². The molecule has 0 bridgehead atoms. The Labute approximate surface area is 212 Å². The summed E-state index contributed by atoms with van der Waals surface area (Å²) < 4.78 is 5.95. The molecule has 2 aliphatic rings. The Morgan fingerprint density at radius 2 is 1.97 bits per heavy atom. The molecule has 4 N–H and O–H groups in total.